The third-order valence-corrected chi connectivity index (χ3v) is 4.60. The predicted molar refractivity (Wildman–Crippen MR) is 99.8 cm³/mol. The Bertz CT molecular complexity index is 870. The highest BCUT2D eigenvalue weighted by atomic mass is 35.5. The smallest absolute Gasteiger partial charge is 0.337 e. The lowest BCUT2D eigenvalue weighted by atomic mass is 10.1. The average molecular weight is 371 g/mol. The van der Waals surface area contributed by atoms with Crippen molar-refractivity contribution < 1.29 is 9.53 Å². The van der Waals surface area contributed by atoms with Gasteiger partial charge in [-0.2, -0.15) is 0 Å². The second-order valence-electron chi connectivity index (χ2n) is 5.20. The van der Waals surface area contributed by atoms with Crippen LogP contribution in [-0.4, -0.2) is 23.0 Å². The van der Waals surface area contributed by atoms with Gasteiger partial charge in [-0.15, -0.1) is 0 Å². The van der Waals surface area contributed by atoms with Crippen molar-refractivity contribution in [1.29, 1.82) is 0 Å². The van der Waals surface area contributed by atoms with E-state index in [4.69, 9.17) is 16.3 Å². The Morgan fingerprint density at radius 3 is 2.48 bits per heavy atom. The van der Waals surface area contributed by atoms with E-state index in [1.165, 1.54) is 18.9 Å². The quantitative estimate of drug-likeness (QED) is 0.277. The van der Waals surface area contributed by atoms with E-state index >= 15 is 0 Å². The second-order valence-corrected chi connectivity index (χ2v) is 6.53. The maximum atomic E-state index is 11.5. The van der Waals surface area contributed by atoms with Gasteiger partial charge < -0.3 is 4.74 Å². The topological polar surface area (TPSA) is 52.1 Å². The summed E-state index contributed by atoms with van der Waals surface area (Å²) in [5.74, 6) is 0.334. The fourth-order valence-corrected chi connectivity index (χ4v) is 3.27. The van der Waals surface area contributed by atoms with Crippen molar-refractivity contribution in [2.75, 3.05) is 7.11 Å². The summed E-state index contributed by atoms with van der Waals surface area (Å²) in [4.78, 5) is 20.3. The summed E-state index contributed by atoms with van der Waals surface area (Å²) in [6.45, 7) is 0. The number of aromatic nitrogens is 2. The first-order valence-corrected chi connectivity index (χ1v) is 8.92. The maximum Gasteiger partial charge on any atom is 0.337 e. The second kappa shape index (κ2) is 8.14. The predicted octanol–water partition coefficient (Wildman–Crippen LogP) is 4.88. The number of halogens is 1. The SMILES string of the molecule is COC(=O)c1ccc(CSc2nc(Cl)cc(-c3ccccc3)n2)cc1. The molecule has 0 bridgehead atoms. The Kier molecular flexibility index (Phi) is 5.68. The minimum atomic E-state index is -0.343. The van der Waals surface area contributed by atoms with Crippen LogP contribution in [0.1, 0.15) is 15.9 Å². The molecule has 3 aromatic rings. The van der Waals surface area contributed by atoms with Gasteiger partial charge in [-0.05, 0) is 17.7 Å². The number of esters is 1. The molecule has 0 saturated heterocycles. The molecule has 3 rings (SSSR count). The summed E-state index contributed by atoms with van der Waals surface area (Å²) in [5, 5.41) is 1.03. The molecule has 25 heavy (non-hydrogen) atoms. The lowest BCUT2D eigenvalue weighted by Crippen LogP contribution is -2.00. The van der Waals surface area contributed by atoms with Crippen LogP contribution in [0.25, 0.3) is 11.3 Å². The van der Waals surface area contributed by atoms with Gasteiger partial charge >= 0.3 is 5.97 Å². The van der Waals surface area contributed by atoms with E-state index in [2.05, 4.69) is 9.97 Å². The van der Waals surface area contributed by atoms with Gasteiger partial charge in [0, 0.05) is 17.4 Å². The normalized spacial score (nSPS) is 10.5. The van der Waals surface area contributed by atoms with E-state index in [0.29, 0.717) is 21.6 Å². The zero-order valence-electron chi connectivity index (χ0n) is 13.5. The molecule has 6 heteroatoms. The van der Waals surface area contributed by atoms with Gasteiger partial charge in [0.2, 0.25) is 0 Å². The molecule has 0 aliphatic heterocycles. The van der Waals surface area contributed by atoms with Gasteiger partial charge in [0.05, 0.1) is 18.4 Å². The minimum Gasteiger partial charge on any atom is -0.465 e. The fraction of sp³-hybridized carbons (Fsp3) is 0.105. The van der Waals surface area contributed by atoms with Crippen LogP contribution in [0, 0.1) is 0 Å². The Morgan fingerprint density at radius 2 is 1.80 bits per heavy atom. The third-order valence-electron chi connectivity index (χ3n) is 3.49. The number of thioether (sulfide) groups is 1. The van der Waals surface area contributed by atoms with Gasteiger partial charge in [0.25, 0.3) is 0 Å². The number of nitrogens with zero attached hydrogens (tertiary/aromatic N) is 2. The summed E-state index contributed by atoms with van der Waals surface area (Å²) in [6.07, 6.45) is 0. The molecule has 0 aliphatic carbocycles. The lowest BCUT2D eigenvalue weighted by molar-refractivity contribution is 0.0600. The Hall–Kier alpha value is -2.37. The van der Waals surface area contributed by atoms with Gasteiger partial charge in [0.1, 0.15) is 5.15 Å². The van der Waals surface area contributed by atoms with Gasteiger partial charge in [-0.25, -0.2) is 14.8 Å². The molecular weight excluding hydrogens is 356 g/mol. The largest absolute Gasteiger partial charge is 0.465 e. The molecule has 0 spiro atoms. The molecule has 0 radical (unpaired) electrons. The van der Waals surface area contributed by atoms with E-state index in [1.54, 1.807) is 18.2 Å². The molecule has 0 fully saturated rings. The number of carbonyl (C=O) groups excluding carboxylic acids is 1. The zero-order valence-corrected chi connectivity index (χ0v) is 15.1. The summed E-state index contributed by atoms with van der Waals surface area (Å²) in [7, 11) is 1.37. The van der Waals surface area contributed by atoms with Crippen LogP contribution >= 0.6 is 23.4 Å². The van der Waals surface area contributed by atoms with Crippen LogP contribution in [0.15, 0.2) is 65.8 Å². The third kappa shape index (κ3) is 4.59. The first kappa shape index (κ1) is 17.5. The molecule has 2 aromatic carbocycles. The molecule has 0 aliphatic rings. The summed E-state index contributed by atoms with van der Waals surface area (Å²) >= 11 is 7.63. The zero-order chi connectivity index (χ0) is 17.6. The van der Waals surface area contributed by atoms with Crippen LogP contribution in [0.3, 0.4) is 0 Å². The first-order valence-electron chi connectivity index (χ1n) is 7.56. The number of hydrogen-bond acceptors (Lipinski definition) is 5. The van der Waals surface area contributed by atoms with Gasteiger partial charge in [-0.1, -0.05) is 65.8 Å². The van der Waals surface area contributed by atoms with E-state index in [9.17, 15) is 4.79 Å². The van der Waals surface area contributed by atoms with Crippen LogP contribution in [0.4, 0.5) is 0 Å². The maximum absolute atomic E-state index is 11.5. The van der Waals surface area contributed by atoms with Crippen molar-refractivity contribution in [1.82, 2.24) is 9.97 Å². The van der Waals surface area contributed by atoms with Gasteiger partial charge in [-0.3, -0.25) is 0 Å². The number of benzene rings is 2. The van der Waals surface area contributed by atoms with Crippen LogP contribution in [-0.2, 0) is 10.5 Å². The first-order chi connectivity index (χ1) is 12.2. The Balaban J connectivity index is 1.73. The van der Waals surface area contributed by atoms with Crippen molar-refractivity contribution in [3.05, 3.63) is 76.9 Å². The number of rotatable bonds is 5. The number of carbonyl (C=O) groups is 1. The van der Waals surface area contributed by atoms with Crippen molar-refractivity contribution >= 4 is 29.3 Å². The van der Waals surface area contributed by atoms with Crippen molar-refractivity contribution in [2.24, 2.45) is 0 Å². The molecule has 126 valence electrons. The number of hydrogen-bond donors (Lipinski definition) is 0. The molecule has 1 heterocycles. The highest BCUT2D eigenvalue weighted by Gasteiger charge is 2.08. The van der Waals surface area contributed by atoms with E-state index < -0.39 is 0 Å². The van der Waals surface area contributed by atoms with Crippen LogP contribution in [0.2, 0.25) is 5.15 Å². The van der Waals surface area contributed by atoms with Crippen molar-refractivity contribution in [3.63, 3.8) is 0 Å². The molecule has 0 amide bonds. The average Bonchev–Trinajstić information content (AvgIpc) is 2.66. The molecule has 0 atom stereocenters. The molecular formula is C19H15ClN2O2S. The highest BCUT2D eigenvalue weighted by molar-refractivity contribution is 7.98. The van der Waals surface area contributed by atoms with E-state index in [-0.39, 0.29) is 5.97 Å². The van der Waals surface area contributed by atoms with Gasteiger partial charge in [0.15, 0.2) is 5.16 Å². The summed E-state index contributed by atoms with van der Waals surface area (Å²) in [5.41, 5.74) is 3.38. The standard InChI is InChI=1S/C19H15ClN2O2S/c1-24-18(23)15-9-7-13(8-10-15)12-25-19-21-16(11-17(20)22-19)14-5-3-2-4-6-14/h2-11H,12H2,1H3. The summed E-state index contributed by atoms with van der Waals surface area (Å²) in [6, 6.07) is 18.9. The Morgan fingerprint density at radius 1 is 1.08 bits per heavy atom. The fourth-order valence-electron chi connectivity index (χ4n) is 2.22. The van der Waals surface area contributed by atoms with Crippen LogP contribution in [0.5, 0.6) is 0 Å². The lowest BCUT2D eigenvalue weighted by Gasteiger charge is -2.06. The Labute approximate surface area is 155 Å². The van der Waals surface area contributed by atoms with Crippen molar-refractivity contribution in [2.45, 2.75) is 10.9 Å². The monoisotopic (exact) mass is 370 g/mol. The summed E-state index contributed by atoms with van der Waals surface area (Å²) < 4.78 is 4.69. The van der Waals surface area contributed by atoms with E-state index in [1.807, 2.05) is 42.5 Å². The molecule has 1 aromatic heterocycles. The van der Waals surface area contributed by atoms with Crippen LogP contribution < -0.4 is 0 Å². The molecule has 0 N–H and O–H groups in total. The van der Waals surface area contributed by atoms with Crippen molar-refractivity contribution in [3.8, 4) is 11.3 Å². The molecule has 0 unspecified atom stereocenters. The van der Waals surface area contributed by atoms with E-state index in [0.717, 1.165) is 16.8 Å². The molecule has 0 saturated carbocycles. The number of ether oxygens (including phenoxy) is 1. The molecule has 4 nitrogen and oxygen atoms in total. The minimum absolute atomic E-state index is 0.343. The highest BCUT2D eigenvalue weighted by Crippen LogP contribution is 2.25. The number of methoxy groups -OCH3 is 1.